The molecule has 0 aliphatic rings. The predicted octanol–water partition coefficient (Wildman–Crippen LogP) is 3.03. The van der Waals surface area contributed by atoms with E-state index in [1.165, 1.54) is 4.90 Å². The number of amides is 1. The number of methoxy groups -OCH3 is 1. The van der Waals surface area contributed by atoms with Crippen molar-refractivity contribution in [1.82, 2.24) is 14.7 Å². The first-order valence-corrected chi connectivity index (χ1v) is 9.90. The highest BCUT2D eigenvalue weighted by Crippen LogP contribution is 2.23. The van der Waals surface area contributed by atoms with Crippen molar-refractivity contribution in [1.29, 1.82) is 0 Å². The zero-order chi connectivity index (χ0) is 21.6. The van der Waals surface area contributed by atoms with Crippen LogP contribution in [0, 0.1) is 20.8 Å². The number of halogens is 1. The molecule has 158 valence electrons. The summed E-state index contributed by atoms with van der Waals surface area (Å²) >= 11 is 6.25. The zero-order valence-electron chi connectivity index (χ0n) is 17.6. The minimum atomic E-state index is -0.435. The maximum atomic E-state index is 12.9. The van der Waals surface area contributed by atoms with Crippen LogP contribution in [-0.2, 0) is 25.5 Å². The Morgan fingerprint density at radius 1 is 1.24 bits per heavy atom. The quantitative estimate of drug-likeness (QED) is 0.582. The number of ether oxygens (including phenoxy) is 2. The summed E-state index contributed by atoms with van der Waals surface area (Å²) in [6.07, 6.45) is 0.139. The maximum absolute atomic E-state index is 12.9. The number of carbonyl (C=O) groups excluding carboxylic acids is 2. The van der Waals surface area contributed by atoms with Gasteiger partial charge in [0.1, 0.15) is 6.54 Å². The molecule has 0 atom stereocenters. The van der Waals surface area contributed by atoms with Gasteiger partial charge in [-0.3, -0.25) is 9.59 Å². The van der Waals surface area contributed by atoms with E-state index >= 15 is 0 Å². The van der Waals surface area contributed by atoms with Gasteiger partial charge in [-0.1, -0.05) is 17.7 Å². The minimum Gasteiger partial charge on any atom is -0.465 e. The average molecular weight is 422 g/mol. The number of hydrogen-bond acceptors (Lipinski definition) is 5. The summed E-state index contributed by atoms with van der Waals surface area (Å²) < 4.78 is 11.8. The van der Waals surface area contributed by atoms with Gasteiger partial charge < -0.3 is 14.4 Å². The van der Waals surface area contributed by atoms with Crippen molar-refractivity contribution in [2.75, 3.05) is 33.4 Å². The molecule has 0 fully saturated rings. The van der Waals surface area contributed by atoms with E-state index in [1.807, 2.05) is 39.0 Å². The van der Waals surface area contributed by atoms with Crippen LogP contribution in [0.1, 0.15) is 29.4 Å². The number of esters is 1. The monoisotopic (exact) mass is 421 g/mol. The lowest BCUT2D eigenvalue weighted by Crippen LogP contribution is -2.39. The molecular formula is C21H28ClN3O4. The van der Waals surface area contributed by atoms with Crippen molar-refractivity contribution >= 4 is 23.5 Å². The van der Waals surface area contributed by atoms with Gasteiger partial charge >= 0.3 is 5.97 Å². The van der Waals surface area contributed by atoms with E-state index in [9.17, 15) is 9.59 Å². The molecule has 1 aromatic carbocycles. The lowest BCUT2D eigenvalue weighted by molar-refractivity contribution is -0.149. The van der Waals surface area contributed by atoms with Crippen LogP contribution >= 0.6 is 11.6 Å². The molecule has 1 heterocycles. The Kier molecular flexibility index (Phi) is 8.22. The summed E-state index contributed by atoms with van der Waals surface area (Å²) in [7, 11) is 1.55. The van der Waals surface area contributed by atoms with Gasteiger partial charge in [-0.2, -0.15) is 5.10 Å². The highest BCUT2D eigenvalue weighted by atomic mass is 35.5. The van der Waals surface area contributed by atoms with E-state index in [1.54, 1.807) is 18.7 Å². The summed E-state index contributed by atoms with van der Waals surface area (Å²) in [5, 5.41) is 5.25. The fourth-order valence-corrected chi connectivity index (χ4v) is 3.19. The molecule has 0 unspecified atom stereocenters. The molecule has 2 rings (SSSR count). The molecule has 2 aromatic rings. The van der Waals surface area contributed by atoms with Crippen LogP contribution in [0.15, 0.2) is 18.2 Å². The average Bonchev–Trinajstić information content (AvgIpc) is 2.95. The van der Waals surface area contributed by atoms with E-state index in [4.69, 9.17) is 21.1 Å². The molecule has 0 N–H and O–H groups in total. The van der Waals surface area contributed by atoms with E-state index in [2.05, 4.69) is 5.10 Å². The van der Waals surface area contributed by atoms with Gasteiger partial charge in [-0.15, -0.1) is 0 Å². The van der Waals surface area contributed by atoms with Gasteiger partial charge in [0.25, 0.3) is 0 Å². The third-order valence-electron chi connectivity index (χ3n) is 4.71. The first kappa shape index (κ1) is 22.9. The molecule has 0 aliphatic heterocycles. The van der Waals surface area contributed by atoms with Gasteiger partial charge in [0.15, 0.2) is 0 Å². The highest BCUT2D eigenvalue weighted by Gasteiger charge is 2.22. The molecule has 8 heteroatoms. The fourth-order valence-electron chi connectivity index (χ4n) is 3.01. The first-order valence-electron chi connectivity index (χ1n) is 9.52. The first-order chi connectivity index (χ1) is 13.8. The van der Waals surface area contributed by atoms with Crippen molar-refractivity contribution in [3.8, 4) is 5.69 Å². The number of benzene rings is 1. The summed E-state index contributed by atoms with van der Waals surface area (Å²) in [5.41, 5.74) is 4.27. The molecule has 0 radical (unpaired) electrons. The Labute approximate surface area is 176 Å². The fraction of sp³-hybridized carbons (Fsp3) is 0.476. The standard InChI is InChI=1S/C21H28ClN3O4/c1-6-29-21(27)13-24(9-10-28-5)20(26)12-18-15(3)23-25(16(18)4)17-8-7-14(2)19(22)11-17/h7-8,11H,6,9-10,12-13H2,1-5H3. The molecule has 0 bridgehead atoms. The van der Waals surface area contributed by atoms with Gasteiger partial charge in [-0.25, -0.2) is 4.68 Å². The van der Waals surface area contributed by atoms with Crippen LogP contribution in [-0.4, -0.2) is 60.0 Å². The van der Waals surface area contributed by atoms with Gasteiger partial charge in [0, 0.05) is 29.9 Å². The molecule has 0 saturated heterocycles. The zero-order valence-corrected chi connectivity index (χ0v) is 18.4. The number of hydrogen-bond donors (Lipinski definition) is 0. The minimum absolute atomic E-state index is 0.101. The van der Waals surface area contributed by atoms with Crippen molar-refractivity contribution in [3.05, 3.63) is 45.7 Å². The Hall–Kier alpha value is -2.38. The maximum Gasteiger partial charge on any atom is 0.325 e. The normalized spacial score (nSPS) is 10.8. The largest absolute Gasteiger partial charge is 0.465 e. The number of nitrogens with zero attached hydrogens (tertiary/aromatic N) is 3. The van der Waals surface area contributed by atoms with Gasteiger partial charge in [0.05, 0.1) is 31.0 Å². The predicted molar refractivity (Wildman–Crippen MR) is 112 cm³/mol. The van der Waals surface area contributed by atoms with Crippen LogP contribution in [0.3, 0.4) is 0 Å². The van der Waals surface area contributed by atoms with Crippen LogP contribution in [0.4, 0.5) is 0 Å². The third-order valence-corrected chi connectivity index (χ3v) is 5.12. The Morgan fingerprint density at radius 3 is 2.59 bits per heavy atom. The van der Waals surface area contributed by atoms with E-state index < -0.39 is 5.97 Å². The topological polar surface area (TPSA) is 73.7 Å². The van der Waals surface area contributed by atoms with Crippen LogP contribution in [0.5, 0.6) is 0 Å². The molecule has 0 spiro atoms. The van der Waals surface area contributed by atoms with Gasteiger partial charge in [-0.05, 0) is 45.4 Å². The smallest absolute Gasteiger partial charge is 0.325 e. The highest BCUT2D eigenvalue weighted by molar-refractivity contribution is 6.31. The summed E-state index contributed by atoms with van der Waals surface area (Å²) in [6, 6.07) is 5.73. The van der Waals surface area contributed by atoms with E-state index in [-0.39, 0.29) is 25.5 Å². The van der Waals surface area contributed by atoms with Crippen LogP contribution in [0.2, 0.25) is 5.02 Å². The third kappa shape index (κ3) is 5.81. The van der Waals surface area contributed by atoms with Crippen molar-refractivity contribution in [2.45, 2.75) is 34.1 Å². The molecule has 1 aromatic heterocycles. The summed E-state index contributed by atoms with van der Waals surface area (Å²) in [6.45, 7) is 8.28. The van der Waals surface area contributed by atoms with Crippen molar-refractivity contribution in [3.63, 3.8) is 0 Å². The Balaban J connectivity index is 2.24. The molecule has 0 saturated carbocycles. The van der Waals surface area contributed by atoms with Gasteiger partial charge in [0.2, 0.25) is 5.91 Å². The molecule has 29 heavy (non-hydrogen) atoms. The number of carbonyl (C=O) groups is 2. The molecule has 1 amide bonds. The second kappa shape index (κ2) is 10.4. The Bertz CT molecular complexity index is 879. The second-order valence-corrected chi connectivity index (χ2v) is 7.19. The molecule has 0 aliphatic carbocycles. The summed E-state index contributed by atoms with van der Waals surface area (Å²) in [4.78, 5) is 26.2. The SMILES string of the molecule is CCOC(=O)CN(CCOC)C(=O)Cc1c(C)nn(-c2ccc(C)c(Cl)c2)c1C. The van der Waals surface area contributed by atoms with Crippen molar-refractivity contribution in [2.24, 2.45) is 0 Å². The number of aryl methyl sites for hydroxylation is 2. The molecular weight excluding hydrogens is 394 g/mol. The lowest BCUT2D eigenvalue weighted by Gasteiger charge is -2.21. The second-order valence-electron chi connectivity index (χ2n) is 6.78. The lowest BCUT2D eigenvalue weighted by atomic mass is 10.1. The Morgan fingerprint density at radius 2 is 1.97 bits per heavy atom. The number of rotatable bonds is 9. The van der Waals surface area contributed by atoms with Crippen LogP contribution < -0.4 is 0 Å². The van der Waals surface area contributed by atoms with Crippen LogP contribution in [0.25, 0.3) is 5.69 Å². The summed E-state index contributed by atoms with van der Waals surface area (Å²) in [5.74, 6) is -0.613. The van der Waals surface area contributed by atoms with Crippen molar-refractivity contribution < 1.29 is 19.1 Å². The van der Waals surface area contributed by atoms with E-state index in [0.29, 0.717) is 18.2 Å². The molecule has 7 nitrogen and oxygen atoms in total. The van der Waals surface area contributed by atoms with E-state index in [0.717, 1.165) is 28.2 Å². The number of aromatic nitrogens is 2.